The van der Waals surface area contributed by atoms with E-state index in [1.54, 1.807) is 18.2 Å². The normalized spacial score (nSPS) is 18.6. The van der Waals surface area contributed by atoms with Crippen LogP contribution in [0.4, 0.5) is 0 Å². The molecule has 1 atom stereocenters. The van der Waals surface area contributed by atoms with Crippen molar-refractivity contribution in [3.8, 4) is 5.75 Å². The van der Waals surface area contributed by atoms with Crippen LogP contribution in [0.15, 0.2) is 24.3 Å². The molecule has 5 nitrogen and oxygen atoms in total. The van der Waals surface area contributed by atoms with Gasteiger partial charge in [-0.1, -0.05) is 6.07 Å². The average Bonchev–Trinajstić information content (AvgIpc) is 2.41. The Kier molecular flexibility index (Phi) is 4.61. The molecule has 0 spiro atoms. The quantitative estimate of drug-likeness (QED) is 0.875. The van der Waals surface area contributed by atoms with Gasteiger partial charge in [0.25, 0.3) is 5.91 Å². The topological polar surface area (TPSA) is 67.4 Å². The van der Waals surface area contributed by atoms with E-state index in [4.69, 9.17) is 4.74 Å². The molecule has 1 aromatic rings. The van der Waals surface area contributed by atoms with E-state index in [0.717, 1.165) is 0 Å². The molecule has 0 radical (unpaired) electrons. The van der Waals surface area contributed by atoms with E-state index >= 15 is 0 Å². The molecule has 1 aliphatic heterocycles. The lowest BCUT2D eigenvalue weighted by Crippen LogP contribution is -2.47. The predicted octanol–water partition coefficient (Wildman–Crippen LogP) is 1.48. The highest BCUT2D eigenvalue weighted by Gasteiger charge is 2.20. The van der Waals surface area contributed by atoms with E-state index in [1.807, 2.05) is 19.9 Å². The largest absolute Gasteiger partial charge is 0.491 e. The molecular weight excluding hydrogens is 256 g/mol. The van der Waals surface area contributed by atoms with Crippen LogP contribution >= 0.6 is 0 Å². The number of benzene rings is 1. The highest BCUT2D eigenvalue weighted by atomic mass is 16.5. The number of rotatable bonds is 4. The zero-order valence-corrected chi connectivity index (χ0v) is 11.8. The summed E-state index contributed by atoms with van der Waals surface area (Å²) in [7, 11) is 0. The fraction of sp³-hybridized carbons (Fsp3) is 0.467. The van der Waals surface area contributed by atoms with E-state index in [9.17, 15) is 9.59 Å². The smallest absolute Gasteiger partial charge is 0.251 e. The molecule has 2 N–H and O–H groups in total. The number of hydrogen-bond acceptors (Lipinski definition) is 3. The Morgan fingerprint density at radius 3 is 2.90 bits per heavy atom. The number of carbonyl (C=O) groups is 2. The van der Waals surface area contributed by atoms with E-state index in [2.05, 4.69) is 10.6 Å². The summed E-state index contributed by atoms with van der Waals surface area (Å²) < 4.78 is 5.57. The van der Waals surface area contributed by atoms with Gasteiger partial charge < -0.3 is 15.4 Å². The monoisotopic (exact) mass is 276 g/mol. The van der Waals surface area contributed by atoms with Gasteiger partial charge in [-0.15, -0.1) is 0 Å². The second-order valence-corrected chi connectivity index (χ2v) is 5.21. The number of piperidine rings is 1. The maximum absolute atomic E-state index is 12.2. The van der Waals surface area contributed by atoms with Gasteiger partial charge in [-0.25, -0.2) is 0 Å². The highest BCUT2D eigenvalue weighted by molar-refractivity contribution is 5.94. The first-order valence-electron chi connectivity index (χ1n) is 6.89. The number of nitrogens with one attached hydrogen (secondary N) is 2. The first-order chi connectivity index (χ1) is 9.54. The van der Waals surface area contributed by atoms with E-state index in [0.29, 0.717) is 30.7 Å². The summed E-state index contributed by atoms with van der Waals surface area (Å²) in [6, 6.07) is 7.11. The summed E-state index contributed by atoms with van der Waals surface area (Å²) in [6.07, 6.45) is 1.21. The van der Waals surface area contributed by atoms with Crippen molar-refractivity contribution in [1.29, 1.82) is 0 Å². The molecule has 1 saturated heterocycles. The van der Waals surface area contributed by atoms with Crippen LogP contribution in [0.1, 0.15) is 37.0 Å². The van der Waals surface area contributed by atoms with Crippen molar-refractivity contribution < 1.29 is 14.3 Å². The third-order valence-corrected chi connectivity index (χ3v) is 3.07. The van der Waals surface area contributed by atoms with Crippen LogP contribution in [0.2, 0.25) is 0 Å². The molecule has 1 fully saturated rings. The SMILES string of the molecule is CC(C)Oc1cccc(C(=O)NC2CCC(=O)NC2)c1. The summed E-state index contributed by atoms with van der Waals surface area (Å²) in [4.78, 5) is 23.2. The van der Waals surface area contributed by atoms with Crippen LogP contribution in [0.25, 0.3) is 0 Å². The third kappa shape index (κ3) is 3.98. The Hall–Kier alpha value is -2.04. The number of carbonyl (C=O) groups excluding carboxylic acids is 2. The predicted molar refractivity (Wildman–Crippen MR) is 75.7 cm³/mol. The van der Waals surface area contributed by atoms with Gasteiger partial charge in [0.1, 0.15) is 5.75 Å². The molecule has 2 amide bonds. The van der Waals surface area contributed by atoms with Crippen molar-refractivity contribution in [2.24, 2.45) is 0 Å². The second kappa shape index (κ2) is 6.41. The van der Waals surface area contributed by atoms with Gasteiger partial charge in [0, 0.05) is 24.6 Å². The molecule has 1 aromatic carbocycles. The van der Waals surface area contributed by atoms with Crippen LogP contribution in [0, 0.1) is 0 Å². The van der Waals surface area contributed by atoms with E-state index in [1.165, 1.54) is 0 Å². The van der Waals surface area contributed by atoms with Gasteiger partial charge in [0.2, 0.25) is 5.91 Å². The molecule has 2 rings (SSSR count). The Morgan fingerprint density at radius 1 is 1.45 bits per heavy atom. The summed E-state index contributed by atoms with van der Waals surface area (Å²) in [5.41, 5.74) is 0.569. The molecule has 0 aromatic heterocycles. The van der Waals surface area contributed by atoms with Crippen molar-refractivity contribution in [3.63, 3.8) is 0 Å². The Morgan fingerprint density at radius 2 is 2.25 bits per heavy atom. The van der Waals surface area contributed by atoms with Crippen LogP contribution in [0.3, 0.4) is 0 Å². The molecule has 1 aliphatic rings. The zero-order valence-electron chi connectivity index (χ0n) is 11.8. The first kappa shape index (κ1) is 14.4. The highest BCUT2D eigenvalue weighted by Crippen LogP contribution is 2.15. The van der Waals surface area contributed by atoms with Crippen LogP contribution in [0.5, 0.6) is 5.75 Å². The first-order valence-corrected chi connectivity index (χ1v) is 6.89. The van der Waals surface area contributed by atoms with E-state index < -0.39 is 0 Å². The lowest BCUT2D eigenvalue weighted by molar-refractivity contribution is -0.122. The minimum Gasteiger partial charge on any atom is -0.491 e. The minimum absolute atomic E-state index is 0.00475. The standard InChI is InChI=1S/C15H20N2O3/c1-10(2)20-13-5-3-4-11(8-13)15(19)17-12-6-7-14(18)16-9-12/h3-5,8,10,12H,6-7,9H2,1-2H3,(H,16,18)(H,17,19). The molecule has 0 saturated carbocycles. The lowest BCUT2D eigenvalue weighted by Gasteiger charge is -2.23. The van der Waals surface area contributed by atoms with Gasteiger partial charge in [0.05, 0.1) is 6.10 Å². The van der Waals surface area contributed by atoms with Gasteiger partial charge in [-0.2, -0.15) is 0 Å². The van der Waals surface area contributed by atoms with Crippen LogP contribution in [-0.4, -0.2) is 30.5 Å². The lowest BCUT2D eigenvalue weighted by atomic mass is 10.1. The van der Waals surface area contributed by atoms with Gasteiger partial charge in [0.15, 0.2) is 0 Å². The van der Waals surface area contributed by atoms with E-state index in [-0.39, 0.29) is 24.0 Å². The molecule has 0 bridgehead atoms. The van der Waals surface area contributed by atoms with Crippen LogP contribution < -0.4 is 15.4 Å². The van der Waals surface area contributed by atoms with Crippen molar-refractivity contribution in [2.45, 2.75) is 38.8 Å². The molecular formula is C15H20N2O3. The number of amides is 2. The summed E-state index contributed by atoms with van der Waals surface area (Å²) in [6.45, 7) is 4.38. The van der Waals surface area contributed by atoms with Crippen molar-refractivity contribution >= 4 is 11.8 Å². The third-order valence-electron chi connectivity index (χ3n) is 3.07. The molecule has 5 heteroatoms. The Bertz CT molecular complexity index is 490. The summed E-state index contributed by atoms with van der Waals surface area (Å²) in [5, 5.41) is 5.68. The molecule has 1 unspecified atom stereocenters. The average molecular weight is 276 g/mol. The van der Waals surface area contributed by atoms with Gasteiger partial charge in [-0.05, 0) is 38.5 Å². The summed E-state index contributed by atoms with van der Waals surface area (Å²) in [5.74, 6) is 0.591. The maximum Gasteiger partial charge on any atom is 0.251 e. The molecule has 108 valence electrons. The fourth-order valence-corrected chi connectivity index (χ4v) is 2.11. The number of ether oxygens (including phenoxy) is 1. The second-order valence-electron chi connectivity index (χ2n) is 5.21. The summed E-state index contributed by atoms with van der Waals surface area (Å²) >= 11 is 0. The zero-order chi connectivity index (χ0) is 14.5. The van der Waals surface area contributed by atoms with Crippen molar-refractivity contribution in [1.82, 2.24) is 10.6 Å². The number of hydrogen-bond donors (Lipinski definition) is 2. The fourth-order valence-electron chi connectivity index (χ4n) is 2.11. The van der Waals surface area contributed by atoms with Crippen molar-refractivity contribution in [2.75, 3.05) is 6.54 Å². The van der Waals surface area contributed by atoms with Crippen LogP contribution in [-0.2, 0) is 4.79 Å². The minimum atomic E-state index is -0.139. The van der Waals surface area contributed by atoms with Crippen molar-refractivity contribution in [3.05, 3.63) is 29.8 Å². The molecule has 0 aliphatic carbocycles. The molecule has 20 heavy (non-hydrogen) atoms. The Labute approximate surface area is 118 Å². The van der Waals surface area contributed by atoms with Gasteiger partial charge >= 0.3 is 0 Å². The van der Waals surface area contributed by atoms with Gasteiger partial charge in [-0.3, -0.25) is 9.59 Å². The molecule has 1 heterocycles. The Balaban J connectivity index is 1.96. The maximum atomic E-state index is 12.2.